The molecule has 2 N–H and O–H groups in total. The maximum Gasteiger partial charge on any atom is 0.128 e. The average molecular weight is 266 g/mol. The minimum Gasteiger partial charge on any atom is -0.384 e. The van der Waals surface area contributed by atoms with E-state index >= 15 is 0 Å². The molecule has 0 aliphatic carbocycles. The van der Waals surface area contributed by atoms with Crippen molar-refractivity contribution in [1.82, 2.24) is 4.90 Å². The smallest absolute Gasteiger partial charge is 0.128 e. The van der Waals surface area contributed by atoms with Crippen molar-refractivity contribution in [2.45, 2.75) is 25.9 Å². The molecule has 3 nitrogen and oxygen atoms in total. The summed E-state index contributed by atoms with van der Waals surface area (Å²) in [6.45, 7) is 3.89. The molecule has 4 heteroatoms. The first kappa shape index (κ1) is 14.4. The van der Waals surface area contributed by atoms with Gasteiger partial charge in [0.15, 0.2) is 0 Å². The van der Waals surface area contributed by atoms with Crippen LogP contribution in [0.5, 0.6) is 0 Å². The van der Waals surface area contributed by atoms with Gasteiger partial charge in [0.1, 0.15) is 5.82 Å². The molecular weight excluding hydrogens is 243 g/mol. The van der Waals surface area contributed by atoms with Crippen LogP contribution in [0.1, 0.15) is 24.0 Å². The molecule has 1 heterocycles. The molecule has 0 bridgehead atoms. The van der Waals surface area contributed by atoms with E-state index in [0.29, 0.717) is 19.0 Å². The summed E-state index contributed by atoms with van der Waals surface area (Å²) in [5, 5.41) is 0. The van der Waals surface area contributed by atoms with Gasteiger partial charge >= 0.3 is 0 Å². The summed E-state index contributed by atoms with van der Waals surface area (Å²) in [6, 6.07) is 5.32. The molecule has 1 unspecified atom stereocenters. The Morgan fingerprint density at radius 3 is 3.00 bits per heavy atom. The van der Waals surface area contributed by atoms with Crippen LogP contribution in [0.2, 0.25) is 0 Å². The van der Waals surface area contributed by atoms with Gasteiger partial charge in [0.05, 0.1) is 6.61 Å². The van der Waals surface area contributed by atoms with Gasteiger partial charge in [-0.2, -0.15) is 0 Å². The molecule has 2 rings (SSSR count). The van der Waals surface area contributed by atoms with Gasteiger partial charge in [-0.3, -0.25) is 4.90 Å². The summed E-state index contributed by atoms with van der Waals surface area (Å²) in [5.41, 5.74) is 7.12. The molecule has 19 heavy (non-hydrogen) atoms. The molecule has 0 saturated carbocycles. The summed E-state index contributed by atoms with van der Waals surface area (Å²) >= 11 is 0. The van der Waals surface area contributed by atoms with Crippen LogP contribution >= 0.6 is 0 Å². The third-order valence-electron chi connectivity index (χ3n) is 3.75. The molecule has 0 radical (unpaired) electrons. The first-order valence-electron chi connectivity index (χ1n) is 6.91. The summed E-state index contributed by atoms with van der Waals surface area (Å²) in [4.78, 5) is 2.31. The fourth-order valence-corrected chi connectivity index (χ4v) is 2.75. The first-order valence-corrected chi connectivity index (χ1v) is 6.91. The van der Waals surface area contributed by atoms with E-state index in [-0.39, 0.29) is 5.82 Å². The lowest BCUT2D eigenvalue weighted by molar-refractivity contribution is 0.0868. The van der Waals surface area contributed by atoms with E-state index in [4.69, 9.17) is 10.5 Å². The lowest BCUT2D eigenvalue weighted by atomic mass is 9.98. The van der Waals surface area contributed by atoms with Crippen LogP contribution in [-0.4, -0.2) is 31.7 Å². The van der Waals surface area contributed by atoms with Crippen LogP contribution in [0.25, 0.3) is 0 Å². The highest BCUT2D eigenvalue weighted by Crippen LogP contribution is 2.20. The van der Waals surface area contributed by atoms with Crippen molar-refractivity contribution in [3.8, 4) is 0 Å². The van der Waals surface area contributed by atoms with Gasteiger partial charge < -0.3 is 10.5 Å². The van der Waals surface area contributed by atoms with E-state index in [2.05, 4.69) is 4.90 Å². The Bertz CT molecular complexity index is 409. The highest BCUT2D eigenvalue weighted by Gasteiger charge is 2.20. The molecule has 1 atom stereocenters. The predicted molar refractivity (Wildman–Crippen MR) is 74.2 cm³/mol. The lowest BCUT2D eigenvalue weighted by Gasteiger charge is -2.32. The zero-order valence-electron chi connectivity index (χ0n) is 11.6. The molecule has 1 aromatic carbocycles. The Balaban J connectivity index is 1.96. The molecule has 1 aliphatic rings. The predicted octanol–water partition coefficient (Wildman–Crippen LogP) is 2.14. The Morgan fingerprint density at radius 2 is 2.32 bits per heavy atom. The molecule has 1 saturated heterocycles. The summed E-state index contributed by atoms with van der Waals surface area (Å²) in [6.07, 6.45) is 2.37. The fraction of sp³-hybridized carbons (Fsp3) is 0.600. The number of ether oxygens (including phenoxy) is 1. The number of hydrogen-bond acceptors (Lipinski definition) is 3. The van der Waals surface area contributed by atoms with Gasteiger partial charge in [0.25, 0.3) is 0 Å². The SMILES string of the molecule is COCC1CCCN(Cc2ccc(CN)cc2F)C1. The number of likely N-dealkylation sites (tertiary alicyclic amines) is 1. The zero-order chi connectivity index (χ0) is 13.7. The van der Waals surface area contributed by atoms with Crippen LogP contribution in [0.15, 0.2) is 18.2 Å². The monoisotopic (exact) mass is 266 g/mol. The summed E-state index contributed by atoms with van der Waals surface area (Å²) < 4.78 is 19.1. The van der Waals surface area contributed by atoms with Gasteiger partial charge in [0, 0.05) is 32.3 Å². The average Bonchev–Trinajstić information content (AvgIpc) is 2.42. The number of halogens is 1. The Kier molecular flexibility index (Phi) is 5.31. The summed E-state index contributed by atoms with van der Waals surface area (Å²) in [7, 11) is 1.74. The number of nitrogens with two attached hydrogens (primary N) is 1. The van der Waals surface area contributed by atoms with Gasteiger partial charge in [0.2, 0.25) is 0 Å². The Labute approximate surface area is 114 Å². The van der Waals surface area contributed by atoms with E-state index in [1.807, 2.05) is 12.1 Å². The number of methoxy groups -OCH3 is 1. The van der Waals surface area contributed by atoms with E-state index in [1.165, 1.54) is 6.42 Å². The number of benzene rings is 1. The molecular formula is C15H23FN2O. The zero-order valence-corrected chi connectivity index (χ0v) is 11.6. The highest BCUT2D eigenvalue weighted by atomic mass is 19.1. The van der Waals surface area contributed by atoms with Gasteiger partial charge in [-0.25, -0.2) is 4.39 Å². The van der Waals surface area contributed by atoms with Crippen molar-refractivity contribution < 1.29 is 9.13 Å². The van der Waals surface area contributed by atoms with Gasteiger partial charge in [-0.1, -0.05) is 12.1 Å². The van der Waals surface area contributed by atoms with Crippen LogP contribution in [0, 0.1) is 11.7 Å². The van der Waals surface area contributed by atoms with E-state index in [9.17, 15) is 4.39 Å². The third kappa shape index (κ3) is 4.00. The number of hydrogen-bond donors (Lipinski definition) is 1. The van der Waals surface area contributed by atoms with Crippen molar-refractivity contribution in [1.29, 1.82) is 0 Å². The van der Waals surface area contributed by atoms with Crippen LogP contribution in [0.3, 0.4) is 0 Å². The first-order chi connectivity index (χ1) is 9.22. The molecule has 1 aromatic rings. The van der Waals surface area contributed by atoms with Crippen molar-refractivity contribution in [3.05, 3.63) is 35.1 Å². The lowest BCUT2D eigenvalue weighted by Crippen LogP contribution is -2.36. The Morgan fingerprint density at radius 1 is 1.47 bits per heavy atom. The van der Waals surface area contributed by atoms with E-state index < -0.39 is 0 Å². The maximum atomic E-state index is 13.9. The van der Waals surface area contributed by atoms with Crippen LogP contribution < -0.4 is 5.73 Å². The number of nitrogens with zero attached hydrogens (tertiary/aromatic N) is 1. The van der Waals surface area contributed by atoms with Crippen molar-refractivity contribution in [2.75, 3.05) is 26.8 Å². The maximum absolute atomic E-state index is 13.9. The van der Waals surface area contributed by atoms with Crippen LogP contribution in [-0.2, 0) is 17.8 Å². The second kappa shape index (κ2) is 6.98. The molecule has 0 spiro atoms. The number of rotatable bonds is 5. The molecule has 106 valence electrons. The fourth-order valence-electron chi connectivity index (χ4n) is 2.75. The van der Waals surface area contributed by atoms with E-state index in [1.54, 1.807) is 13.2 Å². The third-order valence-corrected chi connectivity index (χ3v) is 3.75. The second-order valence-corrected chi connectivity index (χ2v) is 5.33. The minimum atomic E-state index is -0.142. The molecule has 0 aromatic heterocycles. The molecule has 1 fully saturated rings. The largest absolute Gasteiger partial charge is 0.384 e. The van der Waals surface area contributed by atoms with Crippen molar-refractivity contribution in [2.24, 2.45) is 11.7 Å². The molecule has 0 amide bonds. The van der Waals surface area contributed by atoms with Crippen molar-refractivity contribution in [3.63, 3.8) is 0 Å². The highest BCUT2D eigenvalue weighted by molar-refractivity contribution is 5.24. The molecule has 1 aliphatic heterocycles. The normalized spacial score (nSPS) is 20.7. The van der Waals surface area contributed by atoms with E-state index in [0.717, 1.165) is 37.2 Å². The van der Waals surface area contributed by atoms with Crippen LogP contribution in [0.4, 0.5) is 4.39 Å². The minimum absolute atomic E-state index is 0.142. The van der Waals surface area contributed by atoms with Crippen molar-refractivity contribution >= 4 is 0 Å². The quantitative estimate of drug-likeness (QED) is 0.887. The Hall–Kier alpha value is -0.970. The second-order valence-electron chi connectivity index (χ2n) is 5.33. The number of piperidine rings is 1. The van der Waals surface area contributed by atoms with Gasteiger partial charge in [-0.05, 0) is 36.9 Å². The summed E-state index contributed by atoms with van der Waals surface area (Å²) in [5.74, 6) is 0.432. The standard InChI is InChI=1S/C15H23FN2O/c1-19-11-13-3-2-6-18(9-13)10-14-5-4-12(8-17)7-15(14)16/h4-5,7,13H,2-3,6,8-11,17H2,1H3. The van der Waals surface area contributed by atoms with Gasteiger partial charge in [-0.15, -0.1) is 0 Å². The topological polar surface area (TPSA) is 38.5 Å².